The first-order valence-electron chi connectivity index (χ1n) is 13.8. The number of anilines is 2. The highest BCUT2D eigenvalue weighted by Crippen LogP contribution is 2.29. The lowest BCUT2D eigenvalue weighted by Gasteiger charge is -2.36. The average Bonchev–Trinajstić information content (AvgIpc) is 3.02. The standard InChI is InChI=1S/C33H33ClN4O3S/c1-40-31-21-26(9-16-30(31)41-23-25-7-10-27(34)11-8-25)32(39)36-33(42)35-28-12-14-29(15-13-28)38-19-17-37(18-20-38)22-24-5-3-2-4-6-24/h2-16,21H,17-20,22-23H2,1H3,(H2,35,36,39,42). The number of carbonyl (C=O) groups is 1. The predicted octanol–water partition coefficient (Wildman–Crippen LogP) is 6.38. The molecule has 9 heteroatoms. The van der Waals surface area contributed by atoms with Crippen molar-refractivity contribution in [1.82, 2.24) is 10.2 Å². The molecular formula is C33H33ClN4O3S. The first kappa shape index (κ1) is 29.4. The average molecular weight is 601 g/mol. The summed E-state index contributed by atoms with van der Waals surface area (Å²) in [5.74, 6) is 0.634. The van der Waals surface area contributed by atoms with E-state index in [0.29, 0.717) is 28.7 Å². The van der Waals surface area contributed by atoms with Gasteiger partial charge < -0.3 is 19.7 Å². The molecule has 1 saturated heterocycles. The number of benzene rings is 4. The van der Waals surface area contributed by atoms with Crippen LogP contribution in [0.15, 0.2) is 97.1 Å². The Balaban J connectivity index is 1.10. The van der Waals surface area contributed by atoms with Crippen LogP contribution in [0, 0.1) is 0 Å². The second-order valence-corrected chi connectivity index (χ2v) is 10.8. The Hall–Kier alpha value is -4.11. The summed E-state index contributed by atoms with van der Waals surface area (Å²) in [6.45, 7) is 5.31. The molecule has 0 saturated carbocycles. The van der Waals surface area contributed by atoms with E-state index in [9.17, 15) is 4.79 Å². The number of ether oxygens (including phenoxy) is 2. The predicted molar refractivity (Wildman–Crippen MR) is 173 cm³/mol. The van der Waals surface area contributed by atoms with Crippen molar-refractivity contribution in [2.45, 2.75) is 13.2 Å². The van der Waals surface area contributed by atoms with Crippen molar-refractivity contribution in [2.75, 3.05) is 43.5 Å². The van der Waals surface area contributed by atoms with Crippen LogP contribution < -0.4 is 25.0 Å². The number of piperazine rings is 1. The molecule has 1 aliphatic rings. The quantitative estimate of drug-likeness (QED) is 0.216. The topological polar surface area (TPSA) is 66.1 Å². The molecule has 4 aromatic carbocycles. The van der Waals surface area contributed by atoms with Gasteiger partial charge in [-0.05, 0) is 77.9 Å². The minimum absolute atomic E-state index is 0.212. The van der Waals surface area contributed by atoms with E-state index in [1.165, 1.54) is 18.4 Å². The molecule has 5 rings (SSSR count). The van der Waals surface area contributed by atoms with E-state index in [-0.39, 0.29) is 11.0 Å². The smallest absolute Gasteiger partial charge is 0.257 e. The van der Waals surface area contributed by atoms with Crippen molar-refractivity contribution >= 4 is 46.2 Å². The zero-order valence-electron chi connectivity index (χ0n) is 23.4. The summed E-state index contributed by atoms with van der Waals surface area (Å²) in [7, 11) is 1.53. The summed E-state index contributed by atoms with van der Waals surface area (Å²) < 4.78 is 11.3. The molecule has 1 heterocycles. The number of thiocarbonyl (C=S) groups is 1. The fraction of sp³-hybridized carbons (Fsp3) is 0.212. The maximum Gasteiger partial charge on any atom is 0.257 e. The first-order valence-corrected chi connectivity index (χ1v) is 14.5. The Labute approximate surface area is 257 Å². The van der Waals surface area contributed by atoms with E-state index < -0.39 is 0 Å². The Kier molecular flexibility index (Phi) is 9.92. The molecule has 1 amide bonds. The maximum atomic E-state index is 12.9. The Bertz CT molecular complexity index is 1490. The van der Waals surface area contributed by atoms with Crippen LogP contribution in [0.5, 0.6) is 11.5 Å². The van der Waals surface area contributed by atoms with Crippen LogP contribution in [0.25, 0.3) is 0 Å². The normalized spacial score (nSPS) is 13.3. The second-order valence-electron chi connectivity index (χ2n) is 9.98. The molecule has 0 aromatic heterocycles. The van der Waals surface area contributed by atoms with Crippen molar-refractivity contribution in [2.24, 2.45) is 0 Å². The number of carbonyl (C=O) groups excluding carboxylic acids is 1. The van der Waals surface area contributed by atoms with Crippen LogP contribution in [0.3, 0.4) is 0 Å². The molecule has 0 atom stereocenters. The van der Waals surface area contributed by atoms with Crippen LogP contribution in [-0.2, 0) is 13.2 Å². The molecule has 7 nitrogen and oxygen atoms in total. The van der Waals surface area contributed by atoms with Gasteiger partial charge in [-0.2, -0.15) is 0 Å². The van der Waals surface area contributed by atoms with Crippen LogP contribution in [0.1, 0.15) is 21.5 Å². The van der Waals surface area contributed by atoms with E-state index in [0.717, 1.165) is 44.0 Å². The molecule has 1 fully saturated rings. The highest BCUT2D eigenvalue weighted by atomic mass is 35.5. The molecule has 1 aliphatic heterocycles. The highest BCUT2D eigenvalue weighted by Gasteiger charge is 2.18. The van der Waals surface area contributed by atoms with Crippen LogP contribution >= 0.6 is 23.8 Å². The van der Waals surface area contributed by atoms with Crippen LogP contribution in [0.4, 0.5) is 11.4 Å². The summed E-state index contributed by atoms with van der Waals surface area (Å²) in [4.78, 5) is 17.8. The van der Waals surface area contributed by atoms with Gasteiger partial charge in [-0.15, -0.1) is 0 Å². The van der Waals surface area contributed by atoms with E-state index in [2.05, 4.69) is 62.9 Å². The summed E-state index contributed by atoms with van der Waals surface area (Å²) in [5.41, 5.74) is 4.68. The highest BCUT2D eigenvalue weighted by molar-refractivity contribution is 7.80. The van der Waals surface area contributed by atoms with Crippen molar-refractivity contribution in [3.05, 3.63) is 119 Å². The zero-order chi connectivity index (χ0) is 29.3. The van der Waals surface area contributed by atoms with Gasteiger partial charge in [0.15, 0.2) is 16.6 Å². The molecule has 0 radical (unpaired) electrons. The Morgan fingerprint density at radius 2 is 1.57 bits per heavy atom. The third-order valence-corrected chi connectivity index (χ3v) is 7.53. The van der Waals surface area contributed by atoms with E-state index >= 15 is 0 Å². The SMILES string of the molecule is COc1cc(C(=O)NC(=S)Nc2ccc(N3CCN(Cc4ccccc4)CC3)cc2)ccc1OCc1ccc(Cl)cc1. The molecule has 0 bridgehead atoms. The number of rotatable bonds is 9. The lowest BCUT2D eigenvalue weighted by molar-refractivity contribution is 0.0977. The number of methoxy groups -OCH3 is 1. The van der Waals surface area contributed by atoms with Gasteiger partial charge in [-0.3, -0.25) is 15.0 Å². The van der Waals surface area contributed by atoms with Crippen LogP contribution in [0.2, 0.25) is 5.02 Å². The molecule has 0 spiro atoms. The molecule has 0 unspecified atom stereocenters. The number of amides is 1. The number of nitrogens with one attached hydrogen (secondary N) is 2. The van der Waals surface area contributed by atoms with Gasteiger partial charge in [0.05, 0.1) is 7.11 Å². The summed E-state index contributed by atoms with van der Waals surface area (Å²) in [5, 5.41) is 6.71. The van der Waals surface area contributed by atoms with Gasteiger partial charge in [0.25, 0.3) is 5.91 Å². The summed E-state index contributed by atoms with van der Waals surface area (Å²) >= 11 is 11.4. The fourth-order valence-electron chi connectivity index (χ4n) is 4.77. The van der Waals surface area contributed by atoms with Gasteiger partial charge in [0.2, 0.25) is 0 Å². The van der Waals surface area contributed by atoms with Crippen molar-refractivity contribution < 1.29 is 14.3 Å². The molecule has 216 valence electrons. The number of hydrogen-bond donors (Lipinski definition) is 2. The molecule has 4 aromatic rings. The third kappa shape index (κ3) is 8.00. The van der Waals surface area contributed by atoms with E-state index in [4.69, 9.17) is 33.3 Å². The first-order chi connectivity index (χ1) is 20.5. The summed E-state index contributed by atoms with van der Waals surface area (Å²) in [6, 6.07) is 31.1. The number of nitrogens with zero attached hydrogens (tertiary/aromatic N) is 2. The van der Waals surface area contributed by atoms with Gasteiger partial charge >= 0.3 is 0 Å². The van der Waals surface area contributed by atoms with Gasteiger partial charge in [0, 0.05) is 54.7 Å². The van der Waals surface area contributed by atoms with Crippen molar-refractivity contribution in [3.8, 4) is 11.5 Å². The molecule has 42 heavy (non-hydrogen) atoms. The lowest BCUT2D eigenvalue weighted by atomic mass is 10.2. The molecule has 2 N–H and O–H groups in total. The number of halogens is 1. The minimum Gasteiger partial charge on any atom is -0.493 e. The number of hydrogen-bond acceptors (Lipinski definition) is 6. The molecule has 0 aliphatic carbocycles. The Morgan fingerprint density at radius 3 is 2.26 bits per heavy atom. The zero-order valence-corrected chi connectivity index (χ0v) is 25.0. The third-order valence-electron chi connectivity index (χ3n) is 7.07. The Morgan fingerprint density at radius 1 is 0.857 bits per heavy atom. The van der Waals surface area contributed by atoms with Crippen molar-refractivity contribution in [1.29, 1.82) is 0 Å². The maximum absolute atomic E-state index is 12.9. The van der Waals surface area contributed by atoms with E-state index in [1.807, 2.05) is 36.4 Å². The van der Waals surface area contributed by atoms with Gasteiger partial charge in [-0.25, -0.2) is 0 Å². The van der Waals surface area contributed by atoms with Crippen LogP contribution in [-0.4, -0.2) is 49.2 Å². The minimum atomic E-state index is -0.347. The molecular weight excluding hydrogens is 568 g/mol. The van der Waals surface area contributed by atoms with Gasteiger partial charge in [-0.1, -0.05) is 54.1 Å². The fourth-order valence-corrected chi connectivity index (χ4v) is 5.11. The monoisotopic (exact) mass is 600 g/mol. The largest absolute Gasteiger partial charge is 0.493 e. The van der Waals surface area contributed by atoms with Gasteiger partial charge in [0.1, 0.15) is 6.61 Å². The van der Waals surface area contributed by atoms with Crippen molar-refractivity contribution in [3.63, 3.8) is 0 Å². The summed E-state index contributed by atoms with van der Waals surface area (Å²) in [6.07, 6.45) is 0. The second kappa shape index (κ2) is 14.2. The lowest BCUT2D eigenvalue weighted by Crippen LogP contribution is -2.45. The van der Waals surface area contributed by atoms with E-state index in [1.54, 1.807) is 18.2 Å².